The first-order valence-electron chi connectivity index (χ1n) is 2.71. The number of rotatable bonds is 3. The second-order valence-electron chi connectivity index (χ2n) is 1.70. The fourth-order valence-electron chi connectivity index (χ4n) is 0.323. The highest BCUT2D eigenvalue weighted by Gasteiger charge is 1.90. The number of ketones is 1. The summed E-state index contributed by atoms with van der Waals surface area (Å²) in [6.45, 7) is 1.43. The van der Waals surface area contributed by atoms with Gasteiger partial charge in [-0.1, -0.05) is 0 Å². The lowest BCUT2D eigenvalue weighted by Crippen LogP contribution is -2.21. The number of carbonyl (C=O) groups excluding carboxylic acids is 1. The first-order chi connectivity index (χ1) is 4.16. The predicted octanol–water partition coefficient (Wildman–Crippen LogP) is -0.331. The van der Waals surface area contributed by atoms with E-state index in [-0.39, 0.29) is 5.78 Å². The maximum Gasteiger partial charge on any atom is 0.152 e. The van der Waals surface area contributed by atoms with Gasteiger partial charge in [0.25, 0.3) is 0 Å². The molecule has 9 heavy (non-hydrogen) atoms. The summed E-state index contributed by atoms with van der Waals surface area (Å²) < 4.78 is 0. The molecule has 0 aliphatic heterocycles. The lowest BCUT2D eigenvalue weighted by atomic mass is 10.4. The molecule has 2 N–H and O–H groups in total. The van der Waals surface area contributed by atoms with E-state index in [1.54, 1.807) is 7.05 Å². The standard InChI is InChI=1S/C6H11NO2/c1-5(8)3-4-6(9)7-2/h3-4,6-7,9H,1-2H3/b4-3-. The van der Waals surface area contributed by atoms with E-state index in [2.05, 4.69) is 5.32 Å². The van der Waals surface area contributed by atoms with Crippen molar-refractivity contribution < 1.29 is 9.90 Å². The van der Waals surface area contributed by atoms with Crippen molar-refractivity contribution in [1.29, 1.82) is 0 Å². The number of aliphatic hydroxyl groups excluding tert-OH is 1. The summed E-state index contributed by atoms with van der Waals surface area (Å²) in [6, 6.07) is 0. The molecule has 0 saturated heterocycles. The number of allylic oxidation sites excluding steroid dienone is 1. The van der Waals surface area contributed by atoms with Crippen LogP contribution in [0, 0.1) is 0 Å². The van der Waals surface area contributed by atoms with Gasteiger partial charge in [-0.3, -0.25) is 10.1 Å². The van der Waals surface area contributed by atoms with Gasteiger partial charge >= 0.3 is 0 Å². The lowest BCUT2D eigenvalue weighted by molar-refractivity contribution is -0.112. The molecule has 0 bridgehead atoms. The molecule has 1 unspecified atom stereocenters. The lowest BCUT2D eigenvalue weighted by Gasteiger charge is -1.99. The molecule has 0 aliphatic carbocycles. The Hall–Kier alpha value is -0.670. The number of aliphatic hydroxyl groups is 1. The monoisotopic (exact) mass is 129 g/mol. The predicted molar refractivity (Wildman–Crippen MR) is 34.9 cm³/mol. The van der Waals surface area contributed by atoms with Gasteiger partial charge in [-0.15, -0.1) is 0 Å². The smallest absolute Gasteiger partial charge is 0.152 e. The zero-order valence-corrected chi connectivity index (χ0v) is 5.59. The molecule has 3 nitrogen and oxygen atoms in total. The SMILES string of the molecule is CNC(O)/C=C\C(C)=O. The van der Waals surface area contributed by atoms with E-state index in [1.165, 1.54) is 19.1 Å². The van der Waals surface area contributed by atoms with Crippen molar-refractivity contribution in [1.82, 2.24) is 5.32 Å². The Morgan fingerprint density at radius 2 is 2.33 bits per heavy atom. The third-order valence-corrected chi connectivity index (χ3v) is 0.809. The van der Waals surface area contributed by atoms with Crippen molar-refractivity contribution in [2.45, 2.75) is 13.2 Å². The van der Waals surface area contributed by atoms with Crippen LogP contribution in [0.25, 0.3) is 0 Å². The van der Waals surface area contributed by atoms with Crippen LogP contribution < -0.4 is 5.32 Å². The van der Waals surface area contributed by atoms with E-state index < -0.39 is 6.23 Å². The Morgan fingerprint density at radius 3 is 2.67 bits per heavy atom. The average molecular weight is 129 g/mol. The molecular formula is C6H11NO2. The van der Waals surface area contributed by atoms with E-state index in [1.807, 2.05) is 0 Å². The summed E-state index contributed by atoms with van der Waals surface area (Å²) in [7, 11) is 1.61. The Morgan fingerprint density at radius 1 is 1.78 bits per heavy atom. The molecule has 0 saturated carbocycles. The molecule has 0 spiro atoms. The Balaban J connectivity index is 3.56. The number of nitrogens with one attached hydrogen (secondary N) is 1. The van der Waals surface area contributed by atoms with Gasteiger partial charge in [-0.05, 0) is 26.1 Å². The fraction of sp³-hybridized carbons (Fsp3) is 0.500. The van der Waals surface area contributed by atoms with Gasteiger partial charge in [0.2, 0.25) is 0 Å². The van der Waals surface area contributed by atoms with Crippen LogP contribution in [-0.4, -0.2) is 24.2 Å². The summed E-state index contributed by atoms with van der Waals surface area (Å²) in [5.74, 6) is -0.0655. The van der Waals surface area contributed by atoms with Crippen LogP contribution in [0.1, 0.15) is 6.92 Å². The van der Waals surface area contributed by atoms with Gasteiger partial charge in [-0.25, -0.2) is 0 Å². The largest absolute Gasteiger partial charge is 0.375 e. The van der Waals surface area contributed by atoms with Gasteiger partial charge in [0.05, 0.1) is 0 Å². The molecule has 0 aromatic carbocycles. The average Bonchev–Trinajstić information content (AvgIpc) is 1.83. The Bertz CT molecular complexity index is 120. The zero-order valence-electron chi connectivity index (χ0n) is 5.59. The Labute approximate surface area is 54.4 Å². The second-order valence-corrected chi connectivity index (χ2v) is 1.70. The summed E-state index contributed by atoms with van der Waals surface area (Å²) in [5.41, 5.74) is 0. The first-order valence-corrected chi connectivity index (χ1v) is 2.71. The van der Waals surface area contributed by atoms with E-state index in [4.69, 9.17) is 5.11 Å². The van der Waals surface area contributed by atoms with Gasteiger partial charge in [0.1, 0.15) is 6.23 Å². The maximum atomic E-state index is 10.2. The third kappa shape index (κ3) is 5.20. The van der Waals surface area contributed by atoms with Crippen LogP contribution in [0.2, 0.25) is 0 Å². The van der Waals surface area contributed by atoms with E-state index >= 15 is 0 Å². The molecular weight excluding hydrogens is 118 g/mol. The fourth-order valence-corrected chi connectivity index (χ4v) is 0.323. The molecule has 0 fully saturated rings. The number of carbonyl (C=O) groups is 1. The van der Waals surface area contributed by atoms with Crippen LogP contribution in [0.15, 0.2) is 12.2 Å². The van der Waals surface area contributed by atoms with Crippen LogP contribution >= 0.6 is 0 Å². The minimum absolute atomic E-state index is 0.0655. The van der Waals surface area contributed by atoms with Crippen molar-refractivity contribution in [3.05, 3.63) is 12.2 Å². The van der Waals surface area contributed by atoms with Gasteiger partial charge in [-0.2, -0.15) is 0 Å². The van der Waals surface area contributed by atoms with Crippen molar-refractivity contribution in [2.24, 2.45) is 0 Å². The number of hydrogen-bond donors (Lipinski definition) is 2. The summed E-state index contributed by atoms with van der Waals surface area (Å²) in [4.78, 5) is 10.2. The van der Waals surface area contributed by atoms with Crippen molar-refractivity contribution >= 4 is 5.78 Å². The quantitative estimate of drug-likeness (QED) is 0.405. The summed E-state index contributed by atoms with van der Waals surface area (Å²) >= 11 is 0. The first kappa shape index (κ1) is 8.33. The highest BCUT2D eigenvalue weighted by Crippen LogP contribution is 1.79. The highest BCUT2D eigenvalue weighted by molar-refractivity contribution is 5.87. The minimum Gasteiger partial charge on any atom is -0.375 e. The molecule has 52 valence electrons. The second kappa shape index (κ2) is 4.23. The molecule has 1 atom stereocenters. The number of likely N-dealkylation sites (N-methyl/N-ethyl adjacent to an activating group) is 1. The van der Waals surface area contributed by atoms with Crippen LogP contribution in [-0.2, 0) is 4.79 Å². The van der Waals surface area contributed by atoms with Crippen molar-refractivity contribution in [3.63, 3.8) is 0 Å². The summed E-state index contributed by atoms with van der Waals surface area (Å²) in [5, 5.41) is 11.3. The maximum absolute atomic E-state index is 10.2. The molecule has 0 aliphatic rings. The van der Waals surface area contributed by atoms with Gasteiger partial charge < -0.3 is 5.11 Å². The van der Waals surface area contributed by atoms with Gasteiger partial charge in [0, 0.05) is 0 Å². The van der Waals surface area contributed by atoms with Crippen LogP contribution in [0.5, 0.6) is 0 Å². The molecule has 0 aromatic rings. The molecule has 0 heterocycles. The third-order valence-electron chi connectivity index (χ3n) is 0.809. The molecule has 0 radical (unpaired) electrons. The molecule has 0 aromatic heterocycles. The highest BCUT2D eigenvalue weighted by atomic mass is 16.3. The van der Waals surface area contributed by atoms with Crippen LogP contribution in [0.3, 0.4) is 0 Å². The minimum atomic E-state index is -0.714. The molecule has 3 heteroatoms. The zero-order chi connectivity index (χ0) is 7.28. The van der Waals surface area contributed by atoms with E-state index in [0.717, 1.165) is 0 Å². The van der Waals surface area contributed by atoms with Crippen LogP contribution in [0.4, 0.5) is 0 Å². The topological polar surface area (TPSA) is 49.3 Å². The summed E-state index contributed by atoms with van der Waals surface area (Å²) in [6.07, 6.45) is 2.00. The Kier molecular flexibility index (Phi) is 3.92. The van der Waals surface area contributed by atoms with E-state index in [0.29, 0.717) is 0 Å². The van der Waals surface area contributed by atoms with E-state index in [9.17, 15) is 4.79 Å². The normalized spacial score (nSPS) is 14.1. The molecule has 0 rings (SSSR count). The van der Waals surface area contributed by atoms with Gasteiger partial charge in [0.15, 0.2) is 5.78 Å². The number of hydrogen-bond acceptors (Lipinski definition) is 3. The van der Waals surface area contributed by atoms with Crippen molar-refractivity contribution in [3.8, 4) is 0 Å². The molecule has 0 amide bonds. The van der Waals surface area contributed by atoms with Crippen molar-refractivity contribution in [2.75, 3.05) is 7.05 Å².